The van der Waals surface area contributed by atoms with E-state index in [0.29, 0.717) is 0 Å². The second kappa shape index (κ2) is 5.00. The van der Waals surface area contributed by atoms with Gasteiger partial charge in [0.1, 0.15) is 6.61 Å². The normalized spacial score (nSPS) is 32.7. The van der Waals surface area contributed by atoms with E-state index in [0.717, 1.165) is 25.7 Å². The van der Waals surface area contributed by atoms with E-state index >= 15 is 0 Å². The highest BCUT2D eigenvalue weighted by atomic mass is 35.6. The number of carbonyl (C=O) groups excluding carboxylic acids is 1. The van der Waals surface area contributed by atoms with Crippen LogP contribution in [0, 0.1) is 0 Å². The molecule has 0 aromatic heterocycles. The van der Waals surface area contributed by atoms with Crippen LogP contribution in [-0.2, 0) is 4.74 Å². The number of alkyl halides is 3. The Morgan fingerprint density at radius 1 is 1.29 bits per heavy atom. The summed E-state index contributed by atoms with van der Waals surface area (Å²) in [4.78, 5) is 13.7. The van der Waals surface area contributed by atoms with Gasteiger partial charge >= 0.3 is 6.09 Å². The van der Waals surface area contributed by atoms with E-state index in [1.807, 2.05) is 0 Å². The molecule has 0 spiro atoms. The molecule has 98 valence electrons. The van der Waals surface area contributed by atoms with Gasteiger partial charge in [-0.15, -0.1) is 0 Å². The summed E-state index contributed by atoms with van der Waals surface area (Å²) in [6, 6.07) is 0.558. The molecule has 4 nitrogen and oxygen atoms in total. The minimum Gasteiger partial charge on any atom is -0.445 e. The zero-order valence-corrected chi connectivity index (χ0v) is 11.5. The predicted octanol–water partition coefficient (Wildman–Crippen LogP) is 2.45. The summed E-state index contributed by atoms with van der Waals surface area (Å²) in [6.07, 6.45) is 3.25. The first-order valence-corrected chi connectivity index (χ1v) is 6.77. The molecule has 1 amide bonds. The summed E-state index contributed by atoms with van der Waals surface area (Å²) in [5, 5.41) is 0. The first-order valence-electron chi connectivity index (χ1n) is 5.64. The highest BCUT2D eigenvalue weighted by Crippen LogP contribution is 2.36. The molecular weight excluding hydrogens is 286 g/mol. The van der Waals surface area contributed by atoms with E-state index in [1.54, 1.807) is 4.90 Å². The van der Waals surface area contributed by atoms with Crippen molar-refractivity contribution in [1.82, 2.24) is 4.90 Å². The van der Waals surface area contributed by atoms with Crippen molar-refractivity contribution in [2.24, 2.45) is 5.73 Å². The third-order valence-corrected chi connectivity index (χ3v) is 3.67. The molecule has 0 aromatic carbocycles. The minimum absolute atomic E-state index is 0.185. The lowest BCUT2D eigenvalue weighted by Gasteiger charge is -2.36. The van der Waals surface area contributed by atoms with Crippen LogP contribution < -0.4 is 5.73 Å². The number of nitrogens with zero attached hydrogens (tertiary/aromatic N) is 1. The Balaban J connectivity index is 1.92. The average molecular weight is 302 g/mol. The van der Waals surface area contributed by atoms with Gasteiger partial charge in [-0.1, -0.05) is 34.8 Å². The third-order valence-electron chi connectivity index (χ3n) is 3.34. The maximum Gasteiger partial charge on any atom is 0.410 e. The number of hydrogen-bond acceptors (Lipinski definition) is 3. The molecule has 17 heavy (non-hydrogen) atoms. The van der Waals surface area contributed by atoms with Crippen LogP contribution in [0.2, 0.25) is 0 Å². The van der Waals surface area contributed by atoms with Crippen LogP contribution in [0.4, 0.5) is 4.79 Å². The Morgan fingerprint density at radius 2 is 1.82 bits per heavy atom. The molecule has 2 saturated heterocycles. The summed E-state index contributed by atoms with van der Waals surface area (Å²) in [5.74, 6) is 0. The van der Waals surface area contributed by atoms with Gasteiger partial charge in [0.2, 0.25) is 3.79 Å². The fourth-order valence-corrected chi connectivity index (χ4v) is 2.90. The second-order valence-electron chi connectivity index (χ2n) is 4.69. The van der Waals surface area contributed by atoms with Gasteiger partial charge in [0.25, 0.3) is 0 Å². The number of hydrogen-bond donors (Lipinski definition) is 1. The Kier molecular flexibility index (Phi) is 3.98. The zero-order chi connectivity index (χ0) is 12.6. The van der Waals surface area contributed by atoms with Gasteiger partial charge < -0.3 is 15.4 Å². The number of ether oxygens (including phenoxy) is 1. The van der Waals surface area contributed by atoms with E-state index in [4.69, 9.17) is 45.3 Å². The van der Waals surface area contributed by atoms with Crippen molar-refractivity contribution in [2.75, 3.05) is 6.61 Å². The number of nitrogens with two attached hydrogens (primary N) is 1. The SMILES string of the molecule is NC1CC2CCC(C1)N2C(=O)OCC(Cl)(Cl)Cl. The fraction of sp³-hybridized carbons (Fsp3) is 0.900. The Bertz CT molecular complexity index is 294. The van der Waals surface area contributed by atoms with Crippen molar-refractivity contribution < 1.29 is 9.53 Å². The van der Waals surface area contributed by atoms with Crippen molar-refractivity contribution in [2.45, 2.75) is 47.6 Å². The van der Waals surface area contributed by atoms with Crippen LogP contribution in [0.5, 0.6) is 0 Å². The van der Waals surface area contributed by atoms with Crippen LogP contribution in [0.15, 0.2) is 0 Å². The molecular formula is C10H15Cl3N2O2. The van der Waals surface area contributed by atoms with E-state index in [9.17, 15) is 4.79 Å². The summed E-state index contributed by atoms with van der Waals surface area (Å²) >= 11 is 16.6. The molecule has 7 heteroatoms. The van der Waals surface area contributed by atoms with Gasteiger partial charge in [0.15, 0.2) is 0 Å². The lowest BCUT2D eigenvalue weighted by Crippen LogP contribution is -2.50. The molecule has 2 fully saturated rings. The summed E-state index contributed by atoms with van der Waals surface area (Å²) in [6.45, 7) is -0.224. The van der Waals surface area contributed by atoms with E-state index in [1.165, 1.54) is 0 Å². The molecule has 2 rings (SSSR count). The average Bonchev–Trinajstić information content (AvgIpc) is 2.47. The number of fused-ring (bicyclic) bond motifs is 2. The molecule has 2 aliphatic heterocycles. The Labute approximate surface area is 115 Å². The lowest BCUT2D eigenvalue weighted by molar-refractivity contribution is 0.0674. The maximum absolute atomic E-state index is 11.9. The monoisotopic (exact) mass is 300 g/mol. The molecule has 0 aliphatic carbocycles. The van der Waals surface area contributed by atoms with Gasteiger partial charge in [0.05, 0.1) is 0 Å². The van der Waals surface area contributed by atoms with Gasteiger partial charge in [0, 0.05) is 18.1 Å². The van der Waals surface area contributed by atoms with Crippen molar-refractivity contribution in [3.63, 3.8) is 0 Å². The molecule has 2 bridgehead atoms. The first kappa shape index (κ1) is 13.5. The molecule has 2 atom stereocenters. The minimum atomic E-state index is -1.55. The molecule has 0 saturated carbocycles. The van der Waals surface area contributed by atoms with Crippen molar-refractivity contribution in [3.8, 4) is 0 Å². The van der Waals surface area contributed by atoms with Crippen molar-refractivity contribution in [1.29, 1.82) is 0 Å². The highest BCUT2D eigenvalue weighted by Gasteiger charge is 2.43. The van der Waals surface area contributed by atoms with E-state index < -0.39 is 9.89 Å². The van der Waals surface area contributed by atoms with Crippen molar-refractivity contribution in [3.05, 3.63) is 0 Å². The van der Waals surface area contributed by atoms with Crippen LogP contribution >= 0.6 is 34.8 Å². The number of piperidine rings is 1. The van der Waals surface area contributed by atoms with Gasteiger partial charge in [-0.25, -0.2) is 4.79 Å². The van der Waals surface area contributed by atoms with Crippen LogP contribution in [0.3, 0.4) is 0 Å². The predicted molar refractivity (Wildman–Crippen MR) is 67.5 cm³/mol. The molecule has 2 unspecified atom stereocenters. The summed E-state index contributed by atoms with van der Waals surface area (Å²) in [7, 11) is 0. The molecule has 0 aromatic rings. The molecule has 2 aliphatic rings. The zero-order valence-electron chi connectivity index (χ0n) is 9.24. The van der Waals surface area contributed by atoms with Crippen molar-refractivity contribution >= 4 is 40.9 Å². The van der Waals surface area contributed by atoms with Gasteiger partial charge in [-0.2, -0.15) is 0 Å². The summed E-state index contributed by atoms with van der Waals surface area (Å²) in [5.41, 5.74) is 5.92. The van der Waals surface area contributed by atoms with Gasteiger partial charge in [-0.05, 0) is 25.7 Å². The number of carbonyl (C=O) groups is 1. The van der Waals surface area contributed by atoms with E-state index in [2.05, 4.69) is 0 Å². The van der Waals surface area contributed by atoms with E-state index in [-0.39, 0.29) is 24.7 Å². The van der Waals surface area contributed by atoms with Crippen LogP contribution in [0.25, 0.3) is 0 Å². The maximum atomic E-state index is 11.9. The first-order chi connectivity index (χ1) is 7.87. The Hall–Kier alpha value is 0.1000. The number of rotatable bonds is 1. The standard InChI is InChI=1S/C10H15Cl3N2O2/c11-10(12,13)5-17-9(16)15-7-1-2-8(15)4-6(14)3-7/h6-8H,1-5,14H2. The molecule has 0 radical (unpaired) electrons. The second-order valence-corrected chi connectivity index (χ2v) is 7.21. The lowest BCUT2D eigenvalue weighted by atomic mass is 9.99. The molecule has 2 N–H and O–H groups in total. The fourth-order valence-electron chi connectivity index (χ4n) is 2.74. The smallest absolute Gasteiger partial charge is 0.410 e. The molecule has 2 heterocycles. The Morgan fingerprint density at radius 3 is 2.29 bits per heavy atom. The van der Waals surface area contributed by atoms with Crippen LogP contribution in [-0.4, -0.2) is 39.5 Å². The summed E-state index contributed by atoms with van der Waals surface area (Å²) < 4.78 is 3.46. The number of halogens is 3. The largest absolute Gasteiger partial charge is 0.445 e. The van der Waals surface area contributed by atoms with Gasteiger partial charge in [-0.3, -0.25) is 0 Å². The third kappa shape index (κ3) is 3.31. The quantitative estimate of drug-likeness (QED) is 0.757. The van der Waals surface area contributed by atoms with Crippen LogP contribution in [0.1, 0.15) is 25.7 Å². The number of amides is 1. The highest BCUT2D eigenvalue weighted by molar-refractivity contribution is 6.67. The topological polar surface area (TPSA) is 55.6 Å².